The molecule has 2 aliphatic heterocycles. The standard InChI is InChI=1S/C22H23F3N4O3/c1-3-28-10-8-21(9-11-28)18(14(2)20(31)32-21)19(30)27-16-12-26-29(13-16)17-6-4-15(5-7-17)22(23,24)25/h4-7,12-13H,3,8-11H2,1-2H3,(H,27,30). The molecule has 170 valence electrons. The molecule has 2 aromatic rings. The van der Waals surface area contributed by atoms with Crippen molar-refractivity contribution in [2.45, 2.75) is 38.5 Å². The zero-order chi connectivity index (χ0) is 23.1. The molecule has 1 aromatic carbocycles. The molecule has 0 bridgehead atoms. The minimum atomic E-state index is -4.42. The molecule has 1 amide bonds. The number of rotatable bonds is 4. The minimum absolute atomic E-state index is 0.294. The summed E-state index contributed by atoms with van der Waals surface area (Å²) >= 11 is 0. The zero-order valence-corrected chi connectivity index (χ0v) is 17.7. The average molecular weight is 448 g/mol. The molecule has 7 nitrogen and oxygen atoms in total. The summed E-state index contributed by atoms with van der Waals surface area (Å²) in [6.07, 6.45) is -0.442. The molecule has 2 aliphatic rings. The Morgan fingerprint density at radius 1 is 1.22 bits per heavy atom. The number of nitrogens with one attached hydrogen (secondary N) is 1. The normalized spacial score (nSPS) is 18.8. The third-order valence-electron chi connectivity index (χ3n) is 6.06. The summed E-state index contributed by atoms with van der Waals surface area (Å²) in [4.78, 5) is 27.6. The summed E-state index contributed by atoms with van der Waals surface area (Å²) in [5.74, 6) is -0.925. The smallest absolute Gasteiger partial charge is 0.416 e. The molecule has 32 heavy (non-hydrogen) atoms. The highest BCUT2D eigenvalue weighted by molar-refractivity contribution is 6.12. The molecule has 0 aliphatic carbocycles. The molecule has 0 saturated carbocycles. The Hall–Kier alpha value is -3.14. The van der Waals surface area contributed by atoms with Gasteiger partial charge in [0.25, 0.3) is 5.91 Å². The van der Waals surface area contributed by atoms with Gasteiger partial charge in [0.1, 0.15) is 5.60 Å². The van der Waals surface area contributed by atoms with E-state index in [9.17, 15) is 22.8 Å². The lowest BCUT2D eigenvalue weighted by Gasteiger charge is -2.38. The van der Waals surface area contributed by atoms with Crippen LogP contribution >= 0.6 is 0 Å². The Labute approximate surface area is 182 Å². The van der Waals surface area contributed by atoms with E-state index in [4.69, 9.17) is 4.74 Å². The van der Waals surface area contributed by atoms with E-state index in [0.717, 1.165) is 31.8 Å². The number of carbonyl (C=O) groups is 2. The third-order valence-corrected chi connectivity index (χ3v) is 6.06. The monoisotopic (exact) mass is 448 g/mol. The first-order chi connectivity index (χ1) is 15.1. The van der Waals surface area contributed by atoms with E-state index in [2.05, 4.69) is 22.2 Å². The van der Waals surface area contributed by atoms with Gasteiger partial charge in [-0.2, -0.15) is 18.3 Å². The molecule has 0 unspecified atom stereocenters. The maximum absolute atomic E-state index is 13.1. The highest BCUT2D eigenvalue weighted by atomic mass is 19.4. The van der Waals surface area contributed by atoms with Gasteiger partial charge in [-0.05, 0) is 37.7 Å². The molecule has 4 rings (SSSR count). The fraction of sp³-hybridized carbons (Fsp3) is 0.409. The van der Waals surface area contributed by atoms with Gasteiger partial charge in [-0.1, -0.05) is 6.92 Å². The van der Waals surface area contributed by atoms with Crippen molar-refractivity contribution in [3.8, 4) is 5.69 Å². The first kappa shape index (κ1) is 22.1. The Kier molecular flexibility index (Phi) is 5.58. The highest BCUT2D eigenvalue weighted by Crippen LogP contribution is 2.41. The van der Waals surface area contributed by atoms with Gasteiger partial charge < -0.3 is 15.0 Å². The van der Waals surface area contributed by atoms with Crippen molar-refractivity contribution in [2.75, 3.05) is 25.0 Å². The number of amides is 1. The van der Waals surface area contributed by atoms with Crippen LogP contribution in [0.5, 0.6) is 0 Å². The van der Waals surface area contributed by atoms with Gasteiger partial charge in [-0.3, -0.25) is 4.79 Å². The largest absolute Gasteiger partial charge is 0.450 e. The van der Waals surface area contributed by atoms with Gasteiger partial charge in [0.15, 0.2) is 0 Å². The fourth-order valence-electron chi connectivity index (χ4n) is 4.23. The number of benzene rings is 1. The van der Waals surface area contributed by atoms with Crippen molar-refractivity contribution in [3.63, 3.8) is 0 Å². The van der Waals surface area contributed by atoms with E-state index in [1.807, 2.05) is 0 Å². The lowest BCUT2D eigenvalue weighted by atomic mass is 9.82. The number of anilines is 1. The predicted molar refractivity (Wildman–Crippen MR) is 110 cm³/mol. The third kappa shape index (κ3) is 4.02. The molecule has 10 heteroatoms. The van der Waals surface area contributed by atoms with Crippen molar-refractivity contribution >= 4 is 17.6 Å². The number of esters is 1. The number of piperidine rings is 1. The Morgan fingerprint density at radius 3 is 2.47 bits per heavy atom. The van der Waals surface area contributed by atoms with Crippen molar-refractivity contribution in [1.82, 2.24) is 14.7 Å². The van der Waals surface area contributed by atoms with Gasteiger partial charge in [-0.25, -0.2) is 9.48 Å². The van der Waals surface area contributed by atoms with Crippen LogP contribution in [0.15, 0.2) is 47.8 Å². The fourth-order valence-corrected chi connectivity index (χ4v) is 4.23. The van der Waals surface area contributed by atoms with Gasteiger partial charge in [0.2, 0.25) is 0 Å². The second kappa shape index (κ2) is 8.09. The molecule has 0 atom stereocenters. The molecule has 3 heterocycles. The number of aromatic nitrogens is 2. The van der Waals surface area contributed by atoms with E-state index in [0.29, 0.717) is 35.4 Å². The first-order valence-corrected chi connectivity index (χ1v) is 10.3. The number of hydrogen-bond donors (Lipinski definition) is 1. The number of halogens is 3. The van der Waals surface area contributed by atoms with E-state index >= 15 is 0 Å². The Morgan fingerprint density at radius 2 is 1.88 bits per heavy atom. The highest BCUT2D eigenvalue weighted by Gasteiger charge is 2.50. The summed E-state index contributed by atoms with van der Waals surface area (Å²) in [5.41, 5.74) is -0.287. The maximum atomic E-state index is 13.1. The number of nitrogens with zero attached hydrogens (tertiary/aromatic N) is 3. The van der Waals surface area contributed by atoms with Crippen LogP contribution in [0.25, 0.3) is 5.69 Å². The summed E-state index contributed by atoms with van der Waals surface area (Å²) < 4.78 is 45.3. The topological polar surface area (TPSA) is 76.5 Å². The number of carbonyl (C=O) groups excluding carboxylic acids is 2. The van der Waals surface area contributed by atoms with E-state index in [-0.39, 0.29) is 0 Å². The van der Waals surface area contributed by atoms with Crippen molar-refractivity contribution < 1.29 is 27.5 Å². The van der Waals surface area contributed by atoms with Gasteiger partial charge in [-0.15, -0.1) is 0 Å². The van der Waals surface area contributed by atoms with Crippen LogP contribution in [-0.2, 0) is 20.5 Å². The van der Waals surface area contributed by atoms with Gasteiger partial charge >= 0.3 is 12.1 Å². The molecular formula is C22H23F3N4O3. The summed E-state index contributed by atoms with van der Waals surface area (Å²) in [6, 6.07) is 4.54. The van der Waals surface area contributed by atoms with Crippen molar-refractivity contribution in [2.24, 2.45) is 0 Å². The van der Waals surface area contributed by atoms with Crippen molar-refractivity contribution in [1.29, 1.82) is 0 Å². The summed E-state index contributed by atoms with van der Waals surface area (Å²) in [7, 11) is 0. The Balaban J connectivity index is 1.52. The quantitative estimate of drug-likeness (QED) is 0.724. The van der Waals surface area contributed by atoms with Crippen LogP contribution in [0.1, 0.15) is 32.3 Å². The van der Waals surface area contributed by atoms with E-state index in [1.54, 1.807) is 6.92 Å². The zero-order valence-electron chi connectivity index (χ0n) is 17.7. The van der Waals surface area contributed by atoms with Crippen LogP contribution in [0.2, 0.25) is 0 Å². The maximum Gasteiger partial charge on any atom is 0.416 e. The SMILES string of the molecule is CCN1CCC2(CC1)OC(=O)C(C)=C2C(=O)Nc1cnn(-c2ccc(C(F)(F)F)cc2)c1. The van der Waals surface area contributed by atoms with Crippen LogP contribution < -0.4 is 5.32 Å². The number of ether oxygens (including phenoxy) is 1. The summed E-state index contributed by atoms with van der Waals surface area (Å²) in [6.45, 7) is 5.97. The second-order valence-electron chi connectivity index (χ2n) is 7.99. The molecule has 1 aromatic heterocycles. The predicted octanol–water partition coefficient (Wildman–Crippen LogP) is 3.56. The van der Waals surface area contributed by atoms with Crippen LogP contribution in [0.4, 0.5) is 18.9 Å². The van der Waals surface area contributed by atoms with Crippen LogP contribution in [0, 0.1) is 0 Å². The van der Waals surface area contributed by atoms with Crippen molar-refractivity contribution in [3.05, 3.63) is 53.4 Å². The first-order valence-electron chi connectivity index (χ1n) is 10.3. The lowest BCUT2D eigenvalue weighted by Crippen LogP contribution is -2.47. The van der Waals surface area contributed by atoms with Crippen LogP contribution in [0.3, 0.4) is 0 Å². The minimum Gasteiger partial charge on any atom is -0.450 e. The van der Waals surface area contributed by atoms with E-state index < -0.39 is 29.2 Å². The molecule has 1 fully saturated rings. The molecule has 0 radical (unpaired) electrons. The lowest BCUT2D eigenvalue weighted by molar-refractivity contribution is -0.150. The molecule has 1 N–H and O–H groups in total. The van der Waals surface area contributed by atoms with Crippen LogP contribution in [-0.4, -0.2) is 51.8 Å². The van der Waals surface area contributed by atoms with E-state index in [1.165, 1.54) is 29.2 Å². The van der Waals surface area contributed by atoms with Gasteiger partial charge in [0.05, 0.1) is 34.9 Å². The molecular weight excluding hydrogens is 425 g/mol. The Bertz CT molecular complexity index is 1060. The number of likely N-dealkylation sites (tertiary alicyclic amines) is 1. The second-order valence-corrected chi connectivity index (χ2v) is 7.99. The number of alkyl halides is 3. The number of hydrogen-bond acceptors (Lipinski definition) is 5. The van der Waals surface area contributed by atoms with Gasteiger partial charge in [0, 0.05) is 31.5 Å². The summed E-state index contributed by atoms with van der Waals surface area (Å²) in [5, 5.41) is 6.87. The average Bonchev–Trinajstić information content (AvgIpc) is 3.31. The molecule has 1 spiro atoms. The molecule has 1 saturated heterocycles.